The van der Waals surface area contributed by atoms with Gasteiger partial charge in [-0.25, -0.2) is 4.79 Å². The summed E-state index contributed by atoms with van der Waals surface area (Å²) in [7, 11) is 1.53. The lowest BCUT2D eigenvalue weighted by Gasteiger charge is -2.03. The van der Waals surface area contributed by atoms with Gasteiger partial charge >= 0.3 is 6.09 Å². The van der Waals surface area contributed by atoms with E-state index in [1.165, 1.54) is 7.05 Å². The lowest BCUT2D eigenvalue weighted by molar-refractivity contribution is 0.150. The number of benzene rings is 1. The second-order valence-corrected chi connectivity index (χ2v) is 2.88. The Labute approximate surface area is 83.1 Å². The number of nitrogens with one attached hydrogen (secondary N) is 1. The normalized spacial score (nSPS) is 9.50. The number of ether oxygens (including phenoxy) is 1. The summed E-state index contributed by atoms with van der Waals surface area (Å²) < 4.78 is 4.84. The molecule has 0 spiro atoms. The Morgan fingerprint density at radius 1 is 1.43 bits per heavy atom. The van der Waals surface area contributed by atoms with Crippen molar-refractivity contribution in [1.29, 1.82) is 0 Å². The lowest BCUT2D eigenvalue weighted by atomic mass is 10.1. The van der Waals surface area contributed by atoms with Crippen LogP contribution in [-0.2, 0) is 11.2 Å². The maximum atomic E-state index is 10.7. The minimum Gasteiger partial charge on any atom is -0.449 e. The van der Waals surface area contributed by atoms with Gasteiger partial charge in [0.05, 0.1) is 6.61 Å². The van der Waals surface area contributed by atoms with Crippen molar-refractivity contribution in [1.82, 2.24) is 5.32 Å². The van der Waals surface area contributed by atoms with E-state index in [1.807, 2.05) is 24.3 Å². The highest BCUT2D eigenvalue weighted by atomic mass is 16.5. The van der Waals surface area contributed by atoms with Crippen LogP contribution in [0.15, 0.2) is 24.3 Å². The number of hydrogen-bond acceptors (Lipinski definition) is 3. The average molecular weight is 194 g/mol. The van der Waals surface area contributed by atoms with Gasteiger partial charge in [0, 0.05) is 19.2 Å². The van der Waals surface area contributed by atoms with Crippen molar-refractivity contribution in [3.8, 4) is 0 Å². The van der Waals surface area contributed by atoms with E-state index in [2.05, 4.69) is 5.32 Å². The molecule has 0 fully saturated rings. The number of rotatable bonds is 3. The molecule has 0 heterocycles. The summed E-state index contributed by atoms with van der Waals surface area (Å²) in [6.07, 6.45) is 0.300. The predicted octanol–water partition coefficient (Wildman–Crippen LogP) is 1.17. The van der Waals surface area contributed by atoms with Crippen LogP contribution in [0.3, 0.4) is 0 Å². The highest BCUT2D eigenvalue weighted by Crippen LogP contribution is 2.05. The number of hydrogen-bond donors (Lipinski definition) is 2. The fraction of sp³-hybridized carbons (Fsp3) is 0.300. The summed E-state index contributed by atoms with van der Waals surface area (Å²) in [5.41, 5.74) is 7.37. The molecule has 0 radical (unpaired) electrons. The fourth-order valence-corrected chi connectivity index (χ4v) is 1.02. The van der Waals surface area contributed by atoms with E-state index in [0.717, 1.165) is 11.3 Å². The molecule has 0 saturated carbocycles. The number of nitrogens with two attached hydrogens (primary N) is 1. The van der Waals surface area contributed by atoms with Gasteiger partial charge in [-0.3, -0.25) is 0 Å². The van der Waals surface area contributed by atoms with Crippen molar-refractivity contribution < 1.29 is 9.53 Å². The van der Waals surface area contributed by atoms with E-state index in [9.17, 15) is 4.79 Å². The minimum atomic E-state index is -0.402. The van der Waals surface area contributed by atoms with Gasteiger partial charge in [-0.15, -0.1) is 0 Å². The number of nitrogen functional groups attached to an aromatic ring is 1. The Morgan fingerprint density at radius 3 is 2.64 bits per heavy atom. The first-order valence-electron chi connectivity index (χ1n) is 4.41. The molecule has 0 aliphatic heterocycles. The van der Waals surface area contributed by atoms with Gasteiger partial charge in [0.2, 0.25) is 0 Å². The molecular weight excluding hydrogens is 180 g/mol. The molecule has 4 heteroatoms. The van der Waals surface area contributed by atoms with E-state index in [1.54, 1.807) is 0 Å². The molecule has 0 unspecified atom stereocenters. The first-order chi connectivity index (χ1) is 6.72. The molecule has 1 aromatic carbocycles. The van der Waals surface area contributed by atoms with Crippen LogP contribution >= 0.6 is 0 Å². The standard InChI is InChI=1S/C10H14N2O2/c1-12-10(13)14-7-6-8-2-4-9(11)5-3-8/h2-5H,6-7,11H2,1H3,(H,12,13). The van der Waals surface area contributed by atoms with Crippen molar-refractivity contribution in [2.45, 2.75) is 6.42 Å². The maximum Gasteiger partial charge on any atom is 0.406 e. The lowest BCUT2D eigenvalue weighted by Crippen LogP contribution is -2.20. The van der Waals surface area contributed by atoms with Crippen LogP contribution in [0.5, 0.6) is 0 Å². The Kier molecular flexibility index (Phi) is 3.79. The number of anilines is 1. The van der Waals surface area contributed by atoms with E-state index < -0.39 is 6.09 Å². The van der Waals surface area contributed by atoms with E-state index >= 15 is 0 Å². The third-order valence-corrected chi connectivity index (χ3v) is 1.81. The van der Waals surface area contributed by atoms with E-state index in [-0.39, 0.29) is 0 Å². The van der Waals surface area contributed by atoms with Crippen LogP contribution in [0.4, 0.5) is 10.5 Å². The highest BCUT2D eigenvalue weighted by molar-refractivity contribution is 5.66. The summed E-state index contributed by atoms with van der Waals surface area (Å²) in [6, 6.07) is 7.50. The van der Waals surface area contributed by atoms with Gasteiger partial charge in [-0.2, -0.15) is 0 Å². The van der Waals surface area contributed by atoms with Gasteiger partial charge < -0.3 is 15.8 Å². The highest BCUT2D eigenvalue weighted by Gasteiger charge is 1.97. The molecule has 4 nitrogen and oxygen atoms in total. The van der Waals surface area contributed by atoms with Crippen molar-refractivity contribution >= 4 is 11.8 Å². The predicted molar refractivity (Wildman–Crippen MR) is 55.0 cm³/mol. The van der Waals surface area contributed by atoms with Crippen molar-refractivity contribution in [2.24, 2.45) is 0 Å². The quantitative estimate of drug-likeness (QED) is 0.710. The molecule has 1 rings (SSSR count). The summed E-state index contributed by atoms with van der Waals surface area (Å²) >= 11 is 0. The Hall–Kier alpha value is -1.71. The summed E-state index contributed by atoms with van der Waals surface area (Å²) in [5.74, 6) is 0. The van der Waals surface area contributed by atoms with E-state index in [0.29, 0.717) is 13.0 Å². The molecule has 0 aromatic heterocycles. The van der Waals surface area contributed by atoms with Gasteiger partial charge in [-0.1, -0.05) is 12.1 Å². The average Bonchev–Trinajstić information content (AvgIpc) is 2.21. The number of alkyl carbamates (subject to hydrolysis) is 1. The third-order valence-electron chi connectivity index (χ3n) is 1.81. The second kappa shape index (κ2) is 5.11. The number of carbonyl (C=O) groups is 1. The van der Waals surface area contributed by atoms with Crippen LogP contribution in [0.25, 0.3) is 0 Å². The van der Waals surface area contributed by atoms with E-state index in [4.69, 9.17) is 10.5 Å². The van der Waals surface area contributed by atoms with Crippen LogP contribution < -0.4 is 11.1 Å². The zero-order valence-corrected chi connectivity index (χ0v) is 8.12. The molecule has 1 amide bonds. The molecule has 1 aromatic rings. The van der Waals surface area contributed by atoms with Crippen molar-refractivity contribution in [2.75, 3.05) is 19.4 Å². The monoisotopic (exact) mass is 194 g/mol. The molecule has 3 N–H and O–H groups in total. The third kappa shape index (κ3) is 3.35. The Morgan fingerprint density at radius 2 is 2.07 bits per heavy atom. The topological polar surface area (TPSA) is 64.3 Å². The van der Waals surface area contributed by atoms with Gasteiger partial charge in [0.1, 0.15) is 0 Å². The number of carbonyl (C=O) groups excluding carboxylic acids is 1. The van der Waals surface area contributed by atoms with Crippen molar-refractivity contribution in [3.05, 3.63) is 29.8 Å². The molecule has 14 heavy (non-hydrogen) atoms. The van der Waals surface area contributed by atoms with Crippen LogP contribution in [-0.4, -0.2) is 19.7 Å². The Bertz CT molecular complexity index is 295. The van der Waals surface area contributed by atoms with Gasteiger partial charge in [-0.05, 0) is 17.7 Å². The SMILES string of the molecule is CNC(=O)OCCc1ccc(N)cc1. The summed E-state index contributed by atoms with van der Waals surface area (Å²) in [5, 5.41) is 2.38. The zero-order chi connectivity index (χ0) is 10.4. The van der Waals surface area contributed by atoms with Gasteiger partial charge in [0.15, 0.2) is 0 Å². The minimum absolute atomic E-state index is 0.379. The summed E-state index contributed by atoms with van der Waals surface area (Å²) in [6.45, 7) is 0.379. The molecular formula is C10H14N2O2. The molecule has 0 aliphatic rings. The fourth-order valence-electron chi connectivity index (χ4n) is 1.02. The first-order valence-corrected chi connectivity index (χ1v) is 4.41. The smallest absolute Gasteiger partial charge is 0.406 e. The largest absolute Gasteiger partial charge is 0.449 e. The molecule has 0 saturated heterocycles. The first kappa shape index (κ1) is 10.4. The molecule has 76 valence electrons. The zero-order valence-electron chi connectivity index (χ0n) is 8.12. The molecule has 0 bridgehead atoms. The van der Waals surface area contributed by atoms with Gasteiger partial charge in [0.25, 0.3) is 0 Å². The van der Waals surface area contributed by atoms with Crippen LogP contribution in [0.1, 0.15) is 5.56 Å². The number of amides is 1. The van der Waals surface area contributed by atoms with Crippen LogP contribution in [0.2, 0.25) is 0 Å². The molecule has 0 aliphatic carbocycles. The second-order valence-electron chi connectivity index (χ2n) is 2.88. The Balaban J connectivity index is 2.31. The summed E-state index contributed by atoms with van der Waals surface area (Å²) in [4.78, 5) is 10.7. The van der Waals surface area contributed by atoms with Crippen LogP contribution in [0, 0.1) is 0 Å². The van der Waals surface area contributed by atoms with Crippen molar-refractivity contribution in [3.63, 3.8) is 0 Å². The molecule has 0 atom stereocenters. The maximum absolute atomic E-state index is 10.7.